The summed E-state index contributed by atoms with van der Waals surface area (Å²) in [6, 6.07) is -0.960. The van der Waals surface area contributed by atoms with Crippen LogP contribution in [0.5, 0.6) is 0 Å². The molecule has 0 amide bonds. The number of nitrogens with zero attached hydrogens (tertiary/aromatic N) is 5. The van der Waals surface area contributed by atoms with Crippen LogP contribution in [0.2, 0.25) is 0 Å². The first-order valence-electron chi connectivity index (χ1n) is 6.75. The van der Waals surface area contributed by atoms with Crippen LogP contribution in [-0.4, -0.2) is 36.0 Å². The summed E-state index contributed by atoms with van der Waals surface area (Å²) >= 11 is 0. The first-order chi connectivity index (χ1) is 10.0. The minimum absolute atomic E-state index is 0.209. The quantitative estimate of drug-likeness (QED) is 0.816. The molecule has 2 N–H and O–H groups in total. The van der Waals surface area contributed by atoms with Gasteiger partial charge in [-0.1, -0.05) is 13.8 Å². The summed E-state index contributed by atoms with van der Waals surface area (Å²) in [7, 11) is 1.73. The van der Waals surface area contributed by atoms with Gasteiger partial charge in [-0.05, 0) is 12.8 Å². The summed E-state index contributed by atoms with van der Waals surface area (Å²) in [4.78, 5) is 15.8. The molecule has 112 valence electrons. The highest BCUT2D eigenvalue weighted by Gasteiger charge is 2.22. The van der Waals surface area contributed by atoms with Gasteiger partial charge in [0.05, 0.1) is 17.6 Å². The Balaban J connectivity index is 2.27. The maximum absolute atomic E-state index is 11.4. The fourth-order valence-electron chi connectivity index (χ4n) is 2.01. The maximum atomic E-state index is 11.4. The summed E-state index contributed by atoms with van der Waals surface area (Å²) < 4.78 is 1.55. The van der Waals surface area contributed by atoms with Crippen LogP contribution in [-0.2, 0) is 24.7 Å². The second kappa shape index (κ2) is 6.29. The molecule has 0 aliphatic carbocycles. The van der Waals surface area contributed by atoms with E-state index < -0.39 is 12.0 Å². The Morgan fingerprint density at radius 1 is 1.33 bits per heavy atom. The average Bonchev–Trinajstić information content (AvgIpc) is 2.90. The minimum atomic E-state index is -1.02. The molecule has 0 spiro atoms. The molecule has 0 aliphatic heterocycles. The van der Waals surface area contributed by atoms with Crippen molar-refractivity contribution in [2.24, 2.45) is 7.05 Å². The van der Waals surface area contributed by atoms with E-state index in [0.717, 1.165) is 24.2 Å². The Hall–Kier alpha value is -2.51. The van der Waals surface area contributed by atoms with E-state index in [9.17, 15) is 9.90 Å². The van der Waals surface area contributed by atoms with Gasteiger partial charge in [0.25, 0.3) is 0 Å². The number of carboxylic acid groups (broad SMARTS) is 1. The van der Waals surface area contributed by atoms with Crippen molar-refractivity contribution in [1.82, 2.24) is 25.0 Å². The van der Waals surface area contributed by atoms with Crippen LogP contribution in [0, 0.1) is 0 Å². The number of aromatic nitrogens is 5. The third-order valence-electron chi connectivity index (χ3n) is 3.09. The van der Waals surface area contributed by atoms with Crippen LogP contribution in [0.1, 0.15) is 36.8 Å². The van der Waals surface area contributed by atoms with Crippen LogP contribution < -0.4 is 5.32 Å². The summed E-state index contributed by atoms with van der Waals surface area (Å²) in [5, 5.41) is 24.2. The van der Waals surface area contributed by atoms with Crippen molar-refractivity contribution >= 4 is 11.9 Å². The zero-order valence-electron chi connectivity index (χ0n) is 12.2. The van der Waals surface area contributed by atoms with Crippen LogP contribution in [0.25, 0.3) is 0 Å². The van der Waals surface area contributed by atoms with Crippen LogP contribution >= 0.6 is 0 Å². The molecular formula is C13H18N6O2. The summed E-state index contributed by atoms with van der Waals surface area (Å²) in [5.74, 6) is -0.815. The first kappa shape index (κ1) is 14.9. The monoisotopic (exact) mass is 290 g/mol. The van der Waals surface area contributed by atoms with Gasteiger partial charge < -0.3 is 10.4 Å². The van der Waals surface area contributed by atoms with Gasteiger partial charge in [-0.2, -0.15) is 10.2 Å². The molecule has 2 heterocycles. The van der Waals surface area contributed by atoms with Gasteiger partial charge in [-0.3, -0.25) is 4.68 Å². The molecule has 2 aromatic heterocycles. The van der Waals surface area contributed by atoms with Gasteiger partial charge in [0, 0.05) is 18.8 Å². The van der Waals surface area contributed by atoms with E-state index in [0.29, 0.717) is 5.56 Å². The van der Waals surface area contributed by atoms with E-state index >= 15 is 0 Å². The molecule has 2 rings (SSSR count). The Morgan fingerprint density at radius 2 is 2.05 bits per heavy atom. The molecule has 21 heavy (non-hydrogen) atoms. The highest BCUT2D eigenvalue weighted by atomic mass is 16.4. The van der Waals surface area contributed by atoms with E-state index in [1.54, 1.807) is 17.9 Å². The largest absolute Gasteiger partial charge is 0.479 e. The molecule has 0 radical (unpaired) electrons. The fourth-order valence-corrected chi connectivity index (χ4v) is 2.01. The predicted molar refractivity (Wildman–Crippen MR) is 75.8 cm³/mol. The number of anilines is 1. The van der Waals surface area contributed by atoms with Crippen molar-refractivity contribution in [3.05, 3.63) is 29.3 Å². The number of carbonyl (C=O) groups is 1. The Morgan fingerprint density at radius 3 is 2.57 bits per heavy atom. The molecule has 1 atom stereocenters. The van der Waals surface area contributed by atoms with Crippen molar-refractivity contribution in [2.75, 3.05) is 5.32 Å². The Labute approximate surface area is 122 Å². The van der Waals surface area contributed by atoms with Crippen LogP contribution in [0.3, 0.4) is 0 Å². The number of hydrogen-bond donors (Lipinski definition) is 2. The lowest BCUT2D eigenvalue weighted by Crippen LogP contribution is -2.22. The van der Waals surface area contributed by atoms with Gasteiger partial charge in [0.15, 0.2) is 6.04 Å². The second-order valence-corrected chi connectivity index (χ2v) is 4.60. The maximum Gasteiger partial charge on any atom is 0.331 e. The third kappa shape index (κ3) is 3.33. The number of rotatable bonds is 6. The molecular weight excluding hydrogens is 272 g/mol. The van der Waals surface area contributed by atoms with Crippen LogP contribution in [0.4, 0.5) is 5.95 Å². The molecule has 0 bridgehead atoms. The lowest BCUT2D eigenvalue weighted by atomic mass is 10.1. The predicted octanol–water partition coefficient (Wildman–Crippen LogP) is 0.968. The topological polar surface area (TPSA) is 106 Å². The Kier molecular flexibility index (Phi) is 4.46. The van der Waals surface area contributed by atoms with E-state index in [4.69, 9.17) is 0 Å². The van der Waals surface area contributed by atoms with Crippen LogP contribution in [0.15, 0.2) is 12.4 Å². The number of aliphatic carboxylic acids is 1. The fraction of sp³-hybridized carbons (Fsp3) is 0.462. The highest BCUT2D eigenvalue weighted by molar-refractivity contribution is 5.78. The van der Waals surface area contributed by atoms with E-state index in [-0.39, 0.29) is 5.95 Å². The standard InChI is InChI=1S/C13H18N6O2/c1-4-9-10(5-2)17-18-13(15-9)16-11(12(20)21)8-6-14-19(3)7-8/h6-7,11H,4-5H2,1-3H3,(H,20,21)(H,15,16,18). The van der Waals surface area contributed by atoms with Crippen molar-refractivity contribution < 1.29 is 9.90 Å². The summed E-state index contributed by atoms with van der Waals surface area (Å²) in [5.41, 5.74) is 2.19. The van der Waals surface area contributed by atoms with E-state index in [2.05, 4.69) is 25.6 Å². The molecule has 8 nitrogen and oxygen atoms in total. The Bertz CT molecular complexity index is 639. The summed E-state index contributed by atoms with van der Waals surface area (Å²) in [6.45, 7) is 3.95. The molecule has 0 fully saturated rings. The average molecular weight is 290 g/mol. The van der Waals surface area contributed by atoms with E-state index in [1.165, 1.54) is 6.20 Å². The molecule has 0 saturated carbocycles. The molecule has 0 saturated heterocycles. The zero-order chi connectivity index (χ0) is 15.4. The first-order valence-corrected chi connectivity index (χ1v) is 6.75. The number of nitrogens with one attached hydrogen (secondary N) is 1. The normalized spacial score (nSPS) is 12.1. The second-order valence-electron chi connectivity index (χ2n) is 4.60. The van der Waals surface area contributed by atoms with Gasteiger partial charge in [-0.25, -0.2) is 9.78 Å². The zero-order valence-corrected chi connectivity index (χ0v) is 12.2. The lowest BCUT2D eigenvalue weighted by Gasteiger charge is -2.13. The number of aryl methyl sites for hydroxylation is 3. The van der Waals surface area contributed by atoms with E-state index in [1.807, 2.05) is 13.8 Å². The van der Waals surface area contributed by atoms with Gasteiger partial charge in [-0.15, -0.1) is 5.10 Å². The third-order valence-corrected chi connectivity index (χ3v) is 3.09. The molecule has 2 aromatic rings. The number of hydrogen-bond acceptors (Lipinski definition) is 6. The molecule has 1 unspecified atom stereocenters. The van der Waals surface area contributed by atoms with Crippen molar-refractivity contribution in [1.29, 1.82) is 0 Å². The van der Waals surface area contributed by atoms with Crippen molar-refractivity contribution in [2.45, 2.75) is 32.7 Å². The van der Waals surface area contributed by atoms with Crippen molar-refractivity contribution in [3.8, 4) is 0 Å². The van der Waals surface area contributed by atoms with Gasteiger partial charge in [0.1, 0.15) is 0 Å². The van der Waals surface area contributed by atoms with Gasteiger partial charge in [0.2, 0.25) is 5.95 Å². The lowest BCUT2D eigenvalue weighted by molar-refractivity contribution is -0.138. The smallest absolute Gasteiger partial charge is 0.331 e. The van der Waals surface area contributed by atoms with Crippen molar-refractivity contribution in [3.63, 3.8) is 0 Å². The number of carboxylic acids is 1. The molecule has 0 aliphatic rings. The summed E-state index contributed by atoms with van der Waals surface area (Å²) in [6.07, 6.45) is 4.60. The highest BCUT2D eigenvalue weighted by Crippen LogP contribution is 2.17. The molecule has 8 heteroatoms. The molecule has 0 aromatic carbocycles. The van der Waals surface area contributed by atoms with Gasteiger partial charge >= 0.3 is 5.97 Å². The SMILES string of the molecule is CCc1nnc(NC(C(=O)O)c2cnn(C)c2)nc1CC. The minimum Gasteiger partial charge on any atom is -0.479 e.